The molecule has 0 heterocycles. The number of benzene rings is 3. The number of ether oxygens (including phenoxy) is 2. The van der Waals surface area contributed by atoms with Gasteiger partial charge >= 0.3 is 6.18 Å². The van der Waals surface area contributed by atoms with Crippen molar-refractivity contribution in [1.29, 1.82) is 0 Å². The molecule has 0 N–H and O–H groups in total. The second-order valence-electron chi connectivity index (χ2n) is 6.15. The summed E-state index contributed by atoms with van der Waals surface area (Å²) < 4.78 is 49.5. The van der Waals surface area contributed by atoms with Gasteiger partial charge in [-0.25, -0.2) is 0 Å². The van der Waals surface area contributed by atoms with Gasteiger partial charge in [0.15, 0.2) is 11.5 Å². The van der Waals surface area contributed by atoms with Crippen molar-refractivity contribution in [2.24, 2.45) is 0 Å². The molecule has 144 valence electrons. The first kappa shape index (κ1) is 19.5. The van der Waals surface area contributed by atoms with Crippen molar-refractivity contribution in [3.05, 3.63) is 95.6 Å². The van der Waals surface area contributed by atoms with Gasteiger partial charge in [0.05, 0.1) is 5.56 Å². The van der Waals surface area contributed by atoms with Gasteiger partial charge in [0, 0.05) is 0 Å². The van der Waals surface area contributed by atoms with E-state index in [0.717, 1.165) is 23.4 Å². The van der Waals surface area contributed by atoms with Gasteiger partial charge in [0.2, 0.25) is 0 Å². The molecule has 0 amide bonds. The Bertz CT molecular complexity index is 945. The zero-order valence-corrected chi connectivity index (χ0v) is 15.2. The maximum Gasteiger partial charge on any atom is 0.416 e. The van der Waals surface area contributed by atoms with Gasteiger partial charge in [0.1, 0.15) is 12.4 Å². The van der Waals surface area contributed by atoms with Crippen LogP contribution in [0.4, 0.5) is 13.2 Å². The fourth-order valence-corrected chi connectivity index (χ4v) is 2.55. The van der Waals surface area contributed by atoms with Gasteiger partial charge in [-0.2, -0.15) is 13.2 Å². The number of aryl methyl sites for hydroxylation is 1. The highest BCUT2D eigenvalue weighted by atomic mass is 19.4. The Balaban J connectivity index is 1.62. The van der Waals surface area contributed by atoms with Crippen molar-refractivity contribution in [1.82, 2.24) is 0 Å². The minimum absolute atomic E-state index is 0.259. The van der Waals surface area contributed by atoms with Gasteiger partial charge in [-0.05, 0) is 54.5 Å². The molecule has 2 nitrogen and oxygen atoms in total. The quantitative estimate of drug-likeness (QED) is 0.460. The Morgan fingerprint density at radius 3 is 2.04 bits per heavy atom. The van der Waals surface area contributed by atoms with Gasteiger partial charge in [-0.3, -0.25) is 0 Å². The van der Waals surface area contributed by atoms with Crippen LogP contribution in [-0.4, -0.2) is 6.61 Å². The predicted molar refractivity (Wildman–Crippen MR) is 104 cm³/mol. The van der Waals surface area contributed by atoms with E-state index in [1.165, 1.54) is 12.1 Å². The monoisotopic (exact) mass is 384 g/mol. The van der Waals surface area contributed by atoms with E-state index in [4.69, 9.17) is 9.47 Å². The number of alkyl halides is 3. The summed E-state index contributed by atoms with van der Waals surface area (Å²) in [6, 6.07) is 20.0. The van der Waals surface area contributed by atoms with Crippen molar-refractivity contribution in [2.45, 2.75) is 13.1 Å². The Labute approximate surface area is 161 Å². The lowest BCUT2D eigenvalue weighted by Crippen LogP contribution is -2.04. The molecule has 0 spiro atoms. The Morgan fingerprint density at radius 2 is 1.39 bits per heavy atom. The van der Waals surface area contributed by atoms with E-state index in [9.17, 15) is 13.2 Å². The summed E-state index contributed by atoms with van der Waals surface area (Å²) in [5.41, 5.74) is 1.02. The normalized spacial score (nSPS) is 11.6. The highest BCUT2D eigenvalue weighted by Gasteiger charge is 2.29. The molecule has 3 aromatic rings. The largest absolute Gasteiger partial charge is 0.486 e. The fourth-order valence-electron chi connectivity index (χ4n) is 2.55. The van der Waals surface area contributed by atoms with Crippen LogP contribution in [0.25, 0.3) is 6.08 Å². The Hall–Kier alpha value is -3.21. The van der Waals surface area contributed by atoms with Crippen LogP contribution >= 0.6 is 0 Å². The molecule has 0 aliphatic carbocycles. The molecule has 0 aliphatic rings. The molecule has 0 aliphatic heterocycles. The average molecular weight is 384 g/mol. The molecule has 0 fully saturated rings. The van der Waals surface area contributed by atoms with E-state index < -0.39 is 11.7 Å². The molecule has 28 heavy (non-hydrogen) atoms. The first-order valence-corrected chi connectivity index (χ1v) is 8.72. The molecule has 5 heteroatoms. The lowest BCUT2D eigenvalue weighted by atomic mass is 10.1. The van der Waals surface area contributed by atoms with Crippen LogP contribution in [0.2, 0.25) is 0 Å². The molecule has 0 saturated heterocycles. The Kier molecular flexibility index (Phi) is 6.04. The van der Waals surface area contributed by atoms with Gasteiger partial charge in [-0.1, -0.05) is 48.5 Å². The van der Waals surface area contributed by atoms with E-state index in [-0.39, 0.29) is 6.61 Å². The molecular formula is C23H19F3O2. The van der Waals surface area contributed by atoms with Gasteiger partial charge < -0.3 is 9.47 Å². The van der Waals surface area contributed by atoms with Crippen LogP contribution < -0.4 is 9.47 Å². The summed E-state index contributed by atoms with van der Waals surface area (Å²) >= 11 is 0. The first-order valence-electron chi connectivity index (χ1n) is 8.72. The van der Waals surface area contributed by atoms with Crippen molar-refractivity contribution >= 4 is 6.08 Å². The number of hydrogen-bond donors (Lipinski definition) is 0. The molecule has 3 aromatic carbocycles. The third-order valence-corrected chi connectivity index (χ3v) is 4.05. The zero-order chi connectivity index (χ0) is 20.0. The van der Waals surface area contributed by atoms with Crippen LogP contribution in [0, 0.1) is 6.92 Å². The van der Waals surface area contributed by atoms with Crippen LogP contribution in [-0.2, 0) is 6.18 Å². The minimum Gasteiger partial charge on any atom is -0.486 e. The van der Waals surface area contributed by atoms with Crippen LogP contribution in [0.1, 0.15) is 16.7 Å². The number of hydrogen-bond acceptors (Lipinski definition) is 2. The predicted octanol–water partition coefficient (Wildman–Crippen LogP) is 6.90. The van der Waals surface area contributed by atoms with Crippen molar-refractivity contribution in [2.75, 3.05) is 6.61 Å². The lowest BCUT2D eigenvalue weighted by molar-refractivity contribution is -0.137. The minimum atomic E-state index is -4.33. The summed E-state index contributed by atoms with van der Waals surface area (Å²) in [6.07, 6.45) is -0.871. The van der Waals surface area contributed by atoms with Gasteiger partial charge in [-0.15, -0.1) is 0 Å². The summed E-state index contributed by atoms with van der Waals surface area (Å²) in [7, 11) is 0. The second kappa shape index (κ2) is 8.65. The molecule has 3 rings (SSSR count). The van der Waals surface area contributed by atoms with Crippen LogP contribution in [0.15, 0.2) is 78.9 Å². The van der Waals surface area contributed by atoms with E-state index >= 15 is 0 Å². The fraction of sp³-hybridized carbons (Fsp3) is 0.130. The summed E-state index contributed by atoms with van der Waals surface area (Å²) in [6.45, 7) is 2.22. The highest BCUT2D eigenvalue weighted by Crippen LogP contribution is 2.33. The maximum atomic E-state index is 12.6. The first-order chi connectivity index (χ1) is 13.4. The maximum absolute atomic E-state index is 12.6. The van der Waals surface area contributed by atoms with E-state index in [2.05, 4.69) is 0 Å². The second-order valence-corrected chi connectivity index (χ2v) is 6.15. The molecule has 0 atom stereocenters. The lowest BCUT2D eigenvalue weighted by Gasteiger charge is -2.12. The molecule has 0 aromatic heterocycles. The summed E-state index contributed by atoms with van der Waals surface area (Å²) in [5, 5.41) is 0. The van der Waals surface area contributed by atoms with E-state index in [1.807, 2.05) is 49.4 Å². The van der Waals surface area contributed by atoms with Crippen molar-refractivity contribution in [3.8, 4) is 17.2 Å². The standard InChI is InChI=1S/C23H19F3O2/c1-17-7-2-3-9-20(17)28-22-11-5-4-10-21(22)27-16-6-8-18-12-14-19(15-13-18)23(24,25)26/h2-15H,16H2,1H3/b8-6+. The molecule has 0 unspecified atom stereocenters. The summed E-state index contributed by atoms with van der Waals surface area (Å²) in [4.78, 5) is 0. The van der Waals surface area contributed by atoms with Crippen LogP contribution in [0.3, 0.4) is 0 Å². The molecule has 0 radical (unpaired) electrons. The SMILES string of the molecule is Cc1ccccc1Oc1ccccc1OC/C=C/c1ccc(C(F)(F)F)cc1. The topological polar surface area (TPSA) is 18.5 Å². The highest BCUT2D eigenvalue weighted by molar-refractivity contribution is 5.50. The van der Waals surface area contributed by atoms with Crippen molar-refractivity contribution in [3.63, 3.8) is 0 Å². The van der Waals surface area contributed by atoms with Crippen LogP contribution in [0.5, 0.6) is 17.2 Å². The molecular weight excluding hydrogens is 365 g/mol. The third-order valence-electron chi connectivity index (χ3n) is 4.05. The van der Waals surface area contributed by atoms with Crippen molar-refractivity contribution < 1.29 is 22.6 Å². The van der Waals surface area contributed by atoms with Gasteiger partial charge in [0.25, 0.3) is 0 Å². The molecule has 0 saturated carbocycles. The number of halogens is 3. The molecule has 0 bridgehead atoms. The average Bonchev–Trinajstić information content (AvgIpc) is 2.68. The smallest absolute Gasteiger partial charge is 0.416 e. The third kappa shape index (κ3) is 5.16. The number of rotatable bonds is 6. The Morgan fingerprint density at radius 1 is 0.786 bits per heavy atom. The zero-order valence-electron chi connectivity index (χ0n) is 15.2. The number of para-hydroxylation sites is 3. The van der Waals surface area contributed by atoms with E-state index in [0.29, 0.717) is 17.1 Å². The van der Waals surface area contributed by atoms with E-state index in [1.54, 1.807) is 18.2 Å². The summed E-state index contributed by atoms with van der Waals surface area (Å²) in [5.74, 6) is 1.93.